The molecule has 9 heteroatoms. The van der Waals surface area contributed by atoms with Gasteiger partial charge in [0.25, 0.3) is 5.91 Å². The zero-order valence-corrected chi connectivity index (χ0v) is 24.3. The molecule has 41 heavy (non-hydrogen) atoms. The van der Waals surface area contributed by atoms with Crippen LogP contribution in [-0.2, 0) is 22.4 Å². The van der Waals surface area contributed by atoms with Gasteiger partial charge in [-0.25, -0.2) is 14.2 Å². The van der Waals surface area contributed by atoms with E-state index in [0.717, 1.165) is 23.1 Å². The number of carbonyl (C=O) groups excluding carboxylic acids is 1. The number of halogens is 1. The Kier molecular flexibility index (Phi) is 7.50. The van der Waals surface area contributed by atoms with Crippen molar-refractivity contribution < 1.29 is 33.3 Å². The number of nitrogens with zero attached hydrogens (tertiary/aromatic N) is 2. The number of carboxylic acid groups (broad SMARTS) is 1. The van der Waals surface area contributed by atoms with Gasteiger partial charge in [0, 0.05) is 29.6 Å². The molecule has 0 saturated heterocycles. The molecule has 1 amide bonds. The Hall–Kier alpha value is -3.98. The van der Waals surface area contributed by atoms with Crippen LogP contribution in [0, 0.1) is 19.7 Å². The van der Waals surface area contributed by atoms with E-state index in [0.29, 0.717) is 59.5 Å². The lowest BCUT2D eigenvalue weighted by molar-refractivity contribution is -0.160. The second kappa shape index (κ2) is 10.8. The third kappa shape index (κ3) is 5.14. The number of aryl methyl sites for hydroxylation is 1. The Morgan fingerprint density at radius 3 is 2.61 bits per heavy atom. The van der Waals surface area contributed by atoms with Gasteiger partial charge in [0.2, 0.25) is 5.88 Å². The number of carbonyl (C=O) groups is 2. The summed E-state index contributed by atoms with van der Waals surface area (Å²) < 4.78 is 32.7. The molecular formula is C32H35FN2O6. The standard InChI is InChI=1S/C32H35FN2O6/c1-17-15-24-20(11-13-35(24)30(36)21-9-7-12-34-29(21)39-6)26(25(17)28(31(37)38)41-32(3,4)5)22-16-23(33)27-19(18(22)2)10-8-14-40-27/h7,9,12,15-16,28H,8,10-11,13-14H2,1-6H3,(H,37,38)/t28-/m0/s1. The molecule has 1 atom stereocenters. The van der Waals surface area contributed by atoms with Crippen molar-refractivity contribution in [2.75, 3.05) is 25.2 Å². The van der Waals surface area contributed by atoms with Gasteiger partial charge >= 0.3 is 5.97 Å². The number of aliphatic carboxylic acids is 1. The normalized spacial score (nSPS) is 15.1. The van der Waals surface area contributed by atoms with Crippen molar-refractivity contribution in [3.8, 4) is 22.8 Å². The molecule has 0 bridgehead atoms. The summed E-state index contributed by atoms with van der Waals surface area (Å²) in [5.41, 5.74) is 4.83. The van der Waals surface area contributed by atoms with Gasteiger partial charge in [-0.3, -0.25) is 4.79 Å². The maximum absolute atomic E-state index is 15.6. The van der Waals surface area contributed by atoms with E-state index in [-0.39, 0.29) is 17.5 Å². The molecule has 3 aromatic rings. The van der Waals surface area contributed by atoms with Crippen LogP contribution in [0.5, 0.6) is 11.6 Å². The first kappa shape index (κ1) is 28.5. The van der Waals surface area contributed by atoms with E-state index in [1.54, 1.807) is 50.9 Å². The molecule has 5 rings (SSSR count). The Labute approximate surface area is 239 Å². The van der Waals surface area contributed by atoms with Gasteiger partial charge in [-0.1, -0.05) is 0 Å². The van der Waals surface area contributed by atoms with Crippen molar-refractivity contribution in [2.45, 2.75) is 65.6 Å². The average molecular weight is 563 g/mol. The maximum Gasteiger partial charge on any atom is 0.337 e. The molecule has 0 unspecified atom stereocenters. The number of ether oxygens (including phenoxy) is 3. The third-order valence-corrected chi connectivity index (χ3v) is 7.64. The Morgan fingerprint density at radius 2 is 1.93 bits per heavy atom. The molecule has 1 aromatic heterocycles. The van der Waals surface area contributed by atoms with Crippen molar-refractivity contribution in [1.29, 1.82) is 0 Å². The summed E-state index contributed by atoms with van der Waals surface area (Å²) in [6, 6.07) is 6.60. The fourth-order valence-corrected chi connectivity index (χ4v) is 5.92. The van der Waals surface area contributed by atoms with E-state index in [1.165, 1.54) is 13.2 Å². The highest BCUT2D eigenvalue weighted by Gasteiger charge is 2.37. The van der Waals surface area contributed by atoms with Crippen LogP contribution in [0.1, 0.15) is 71.5 Å². The van der Waals surface area contributed by atoms with Crippen molar-refractivity contribution in [3.63, 3.8) is 0 Å². The Bertz CT molecular complexity index is 1540. The number of pyridine rings is 1. The SMILES string of the molecule is COc1ncccc1C(=O)N1CCc2c1cc(C)c([C@H](OC(C)(C)C)C(=O)O)c2-c1cc(F)c2c(c1C)CCCO2. The minimum Gasteiger partial charge on any atom is -0.490 e. The molecule has 0 saturated carbocycles. The molecule has 0 radical (unpaired) electrons. The fraction of sp³-hybridized carbons (Fsp3) is 0.406. The van der Waals surface area contributed by atoms with E-state index < -0.39 is 23.5 Å². The van der Waals surface area contributed by atoms with E-state index in [4.69, 9.17) is 14.2 Å². The van der Waals surface area contributed by atoms with Crippen molar-refractivity contribution in [1.82, 2.24) is 4.98 Å². The van der Waals surface area contributed by atoms with Crippen LogP contribution in [-0.4, -0.2) is 47.8 Å². The first-order valence-corrected chi connectivity index (χ1v) is 13.8. The zero-order chi connectivity index (χ0) is 29.6. The second-order valence-corrected chi connectivity index (χ2v) is 11.5. The molecule has 0 spiro atoms. The first-order chi connectivity index (χ1) is 19.4. The average Bonchev–Trinajstić information content (AvgIpc) is 3.35. The summed E-state index contributed by atoms with van der Waals surface area (Å²) in [6.45, 7) is 9.93. The van der Waals surface area contributed by atoms with Gasteiger partial charge in [-0.15, -0.1) is 0 Å². The monoisotopic (exact) mass is 562 g/mol. The van der Waals surface area contributed by atoms with Crippen LogP contribution in [0.2, 0.25) is 0 Å². The van der Waals surface area contributed by atoms with E-state index in [1.807, 2.05) is 13.0 Å². The van der Waals surface area contributed by atoms with Crippen LogP contribution in [0.25, 0.3) is 11.1 Å². The number of methoxy groups -OCH3 is 1. The fourth-order valence-electron chi connectivity index (χ4n) is 5.92. The van der Waals surface area contributed by atoms with Gasteiger partial charge in [0.15, 0.2) is 17.7 Å². The van der Waals surface area contributed by atoms with Gasteiger partial charge in [-0.05, 0) is 106 Å². The number of hydrogen-bond donors (Lipinski definition) is 1. The lowest BCUT2D eigenvalue weighted by Crippen LogP contribution is -2.30. The number of fused-ring (bicyclic) bond motifs is 2. The zero-order valence-electron chi connectivity index (χ0n) is 24.3. The second-order valence-electron chi connectivity index (χ2n) is 11.5. The molecule has 0 aliphatic carbocycles. The lowest BCUT2D eigenvalue weighted by atomic mass is 9.83. The number of carboxylic acids is 1. The number of benzene rings is 2. The summed E-state index contributed by atoms with van der Waals surface area (Å²) in [7, 11) is 1.46. The molecule has 216 valence electrons. The van der Waals surface area contributed by atoms with Gasteiger partial charge in [0.1, 0.15) is 5.56 Å². The smallest absolute Gasteiger partial charge is 0.337 e. The highest BCUT2D eigenvalue weighted by molar-refractivity contribution is 6.09. The van der Waals surface area contributed by atoms with Crippen molar-refractivity contribution >= 4 is 17.6 Å². The largest absolute Gasteiger partial charge is 0.490 e. The molecule has 3 heterocycles. The van der Waals surface area contributed by atoms with Crippen LogP contribution in [0.3, 0.4) is 0 Å². The van der Waals surface area contributed by atoms with Gasteiger partial charge in [0.05, 0.1) is 19.3 Å². The minimum absolute atomic E-state index is 0.219. The highest BCUT2D eigenvalue weighted by Crippen LogP contribution is 2.48. The van der Waals surface area contributed by atoms with Crippen LogP contribution in [0.4, 0.5) is 10.1 Å². The third-order valence-electron chi connectivity index (χ3n) is 7.64. The number of anilines is 1. The van der Waals surface area contributed by atoms with Gasteiger partial charge in [-0.2, -0.15) is 0 Å². The summed E-state index contributed by atoms with van der Waals surface area (Å²) in [4.78, 5) is 32.3. The number of amides is 1. The molecule has 8 nitrogen and oxygen atoms in total. The predicted molar refractivity (Wildman–Crippen MR) is 153 cm³/mol. The number of aromatic nitrogens is 1. The van der Waals surface area contributed by atoms with Crippen LogP contribution < -0.4 is 14.4 Å². The summed E-state index contributed by atoms with van der Waals surface area (Å²) in [5, 5.41) is 10.4. The topological polar surface area (TPSA) is 98.2 Å². The van der Waals surface area contributed by atoms with Crippen molar-refractivity contribution in [2.24, 2.45) is 0 Å². The molecule has 0 fully saturated rings. The summed E-state index contributed by atoms with van der Waals surface area (Å²) in [5.74, 6) is -1.44. The van der Waals surface area contributed by atoms with E-state index in [9.17, 15) is 14.7 Å². The highest BCUT2D eigenvalue weighted by atomic mass is 19.1. The minimum atomic E-state index is -1.31. The van der Waals surface area contributed by atoms with Crippen LogP contribution >= 0.6 is 0 Å². The predicted octanol–water partition coefficient (Wildman–Crippen LogP) is 5.98. The molecular weight excluding hydrogens is 527 g/mol. The van der Waals surface area contributed by atoms with Gasteiger partial charge < -0.3 is 24.2 Å². The molecule has 2 aliphatic rings. The quantitative estimate of drug-likeness (QED) is 0.395. The molecule has 1 N–H and O–H groups in total. The molecule has 2 aromatic carbocycles. The summed E-state index contributed by atoms with van der Waals surface area (Å²) >= 11 is 0. The first-order valence-electron chi connectivity index (χ1n) is 13.8. The Balaban J connectivity index is 1.78. The maximum atomic E-state index is 15.6. The number of rotatable bonds is 6. The Morgan fingerprint density at radius 1 is 1.17 bits per heavy atom. The number of hydrogen-bond acceptors (Lipinski definition) is 6. The molecule has 2 aliphatic heterocycles. The van der Waals surface area contributed by atoms with E-state index in [2.05, 4.69) is 4.98 Å². The lowest BCUT2D eigenvalue weighted by Gasteiger charge is -2.30. The summed E-state index contributed by atoms with van der Waals surface area (Å²) in [6.07, 6.45) is 2.11. The van der Waals surface area contributed by atoms with E-state index >= 15 is 4.39 Å². The van der Waals surface area contributed by atoms with Crippen LogP contribution in [0.15, 0.2) is 30.5 Å². The van der Waals surface area contributed by atoms with Crippen molar-refractivity contribution in [3.05, 3.63) is 69.7 Å².